The number of carbonyl (C=O) groups is 2. The Morgan fingerprint density at radius 1 is 1.38 bits per heavy atom. The zero-order valence-corrected chi connectivity index (χ0v) is 16.8. The maximum Gasteiger partial charge on any atom is 0.266 e. The molecule has 3 rings (SSSR count). The molecule has 26 heavy (non-hydrogen) atoms. The molecule has 2 heterocycles. The molecule has 134 valence electrons. The topological polar surface area (TPSA) is 75.2 Å². The van der Waals surface area contributed by atoms with E-state index in [0.29, 0.717) is 19.4 Å². The molecule has 0 bridgehead atoms. The largest absolute Gasteiger partial charge is 0.300 e. The van der Waals surface area contributed by atoms with E-state index in [2.05, 4.69) is 15.5 Å². The molecule has 2 amide bonds. The van der Waals surface area contributed by atoms with Crippen molar-refractivity contribution in [3.63, 3.8) is 0 Å². The molecule has 1 aromatic carbocycles. The number of aryl methyl sites for hydroxylation is 1. The number of thioether (sulfide) groups is 1. The van der Waals surface area contributed by atoms with Gasteiger partial charge in [-0.3, -0.25) is 14.5 Å². The van der Waals surface area contributed by atoms with Gasteiger partial charge >= 0.3 is 0 Å². The fourth-order valence-electron chi connectivity index (χ4n) is 2.17. The molecule has 0 spiro atoms. The fraction of sp³-hybridized carbons (Fsp3) is 0.188. The minimum absolute atomic E-state index is 0.116. The number of aromatic nitrogens is 2. The summed E-state index contributed by atoms with van der Waals surface area (Å²) < 4.78 is 0.424. The van der Waals surface area contributed by atoms with E-state index in [-0.39, 0.29) is 24.8 Å². The third-order valence-corrected chi connectivity index (χ3v) is 5.88. The molecule has 0 saturated carbocycles. The third kappa shape index (κ3) is 4.47. The highest BCUT2D eigenvalue weighted by molar-refractivity contribution is 8.26. The predicted molar refractivity (Wildman–Crippen MR) is 109 cm³/mol. The van der Waals surface area contributed by atoms with Gasteiger partial charge < -0.3 is 5.32 Å². The van der Waals surface area contributed by atoms with Gasteiger partial charge in [-0.15, -0.1) is 10.2 Å². The van der Waals surface area contributed by atoms with Gasteiger partial charge in [0.2, 0.25) is 11.0 Å². The number of anilines is 1. The number of nitrogens with one attached hydrogen (secondary N) is 1. The summed E-state index contributed by atoms with van der Waals surface area (Å²) in [4.78, 5) is 26.5. The molecule has 0 unspecified atom stereocenters. The molecule has 1 fully saturated rings. The number of nitrogens with zero attached hydrogens (tertiary/aromatic N) is 3. The molecule has 1 aromatic heterocycles. The van der Waals surface area contributed by atoms with Crippen molar-refractivity contribution in [2.45, 2.75) is 13.3 Å². The highest BCUT2D eigenvalue weighted by Gasteiger charge is 2.32. The van der Waals surface area contributed by atoms with Crippen LogP contribution >= 0.6 is 46.9 Å². The number of rotatable bonds is 5. The lowest BCUT2D eigenvalue weighted by Crippen LogP contribution is -2.31. The van der Waals surface area contributed by atoms with E-state index < -0.39 is 0 Å². The van der Waals surface area contributed by atoms with Crippen LogP contribution in [0.1, 0.15) is 17.0 Å². The van der Waals surface area contributed by atoms with Crippen molar-refractivity contribution in [3.05, 3.63) is 44.8 Å². The van der Waals surface area contributed by atoms with E-state index in [9.17, 15) is 9.59 Å². The van der Waals surface area contributed by atoms with Crippen molar-refractivity contribution in [3.8, 4) is 0 Å². The van der Waals surface area contributed by atoms with Crippen LogP contribution in [0.25, 0.3) is 6.08 Å². The molecule has 10 heteroatoms. The standard InChI is InChI=1S/C16H13ClN4O2S3/c1-9-19-20-15(25-9)18-13(22)6-7-21-14(23)12(26-16(21)24)8-10-4-2-3-5-11(10)17/h2-5,8H,6-7H2,1H3,(H,18,20,22). The first-order valence-electron chi connectivity index (χ1n) is 7.54. The number of halogens is 1. The van der Waals surface area contributed by atoms with Crippen LogP contribution in [0.2, 0.25) is 5.02 Å². The Labute approximate surface area is 168 Å². The highest BCUT2D eigenvalue weighted by atomic mass is 35.5. The zero-order valence-electron chi connectivity index (χ0n) is 13.6. The van der Waals surface area contributed by atoms with Gasteiger partial charge in [-0.25, -0.2) is 0 Å². The Bertz CT molecular complexity index is 912. The van der Waals surface area contributed by atoms with Gasteiger partial charge in [0.25, 0.3) is 5.91 Å². The smallest absolute Gasteiger partial charge is 0.266 e. The Morgan fingerprint density at radius 3 is 2.85 bits per heavy atom. The van der Waals surface area contributed by atoms with E-state index in [4.69, 9.17) is 23.8 Å². The predicted octanol–water partition coefficient (Wildman–Crippen LogP) is 3.73. The van der Waals surface area contributed by atoms with Crippen molar-refractivity contribution < 1.29 is 9.59 Å². The van der Waals surface area contributed by atoms with Gasteiger partial charge in [-0.2, -0.15) is 0 Å². The second kappa shape index (κ2) is 8.26. The molecule has 1 aliphatic heterocycles. The molecule has 1 N–H and O–H groups in total. The first-order chi connectivity index (χ1) is 12.4. The number of hydrogen-bond acceptors (Lipinski definition) is 7. The van der Waals surface area contributed by atoms with Crippen molar-refractivity contribution in [1.82, 2.24) is 15.1 Å². The van der Waals surface area contributed by atoms with Gasteiger partial charge in [-0.05, 0) is 24.6 Å². The summed E-state index contributed by atoms with van der Waals surface area (Å²) in [5, 5.41) is 12.1. The van der Waals surface area contributed by atoms with Gasteiger partial charge in [0.15, 0.2) is 0 Å². The van der Waals surface area contributed by atoms with Gasteiger partial charge in [-0.1, -0.05) is 65.1 Å². The normalized spacial score (nSPS) is 15.8. The summed E-state index contributed by atoms with van der Waals surface area (Å²) in [6.45, 7) is 2.01. The van der Waals surface area contributed by atoms with Crippen LogP contribution in [-0.4, -0.2) is 37.8 Å². The number of benzene rings is 1. The quantitative estimate of drug-likeness (QED) is 0.582. The molecule has 1 aliphatic rings. The lowest BCUT2D eigenvalue weighted by molar-refractivity contribution is -0.122. The minimum Gasteiger partial charge on any atom is -0.300 e. The molecule has 6 nitrogen and oxygen atoms in total. The van der Waals surface area contributed by atoms with Crippen LogP contribution in [0.4, 0.5) is 5.13 Å². The van der Waals surface area contributed by atoms with Crippen molar-refractivity contribution in [1.29, 1.82) is 0 Å². The number of hydrogen-bond donors (Lipinski definition) is 1. The van der Waals surface area contributed by atoms with E-state index in [0.717, 1.165) is 10.6 Å². The van der Waals surface area contributed by atoms with Gasteiger partial charge in [0.1, 0.15) is 9.33 Å². The fourth-order valence-corrected chi connectivity index (χ4v) is 4.27. The third-order valence-electron chi connectivity index (χ3n) is 3.40. The number of thiocarbonyl (C=S) groups is 1. The number of amides is 2. The van der Waals surface area contributed by atoms with Crippen LogP contribution in [0, 0.1) is 6.92 Å². The first-order valence-corrected chi connectivity index (χ1v) is 9.96. The molecule has 0 aliphatic carbocycles. The Morgan fingerprint density at radius 2 is 2.15 bits per heavy atom. The second-order valence-corrected chi connectivity index (χ2v) is 8.54. The maximum absolute atomic E-state index is 12.6. The highest BCUT2D eigenvalue weighted by Crippen LogP contribution is 2.33. The molecular weight excluding hydrogens is 412 g/mol. The minimum atomic E-state index is -0.245. The number of carbonyl (C=O) groups excluding carboxylic acids is 2. The van der Waals surface area contributed by atoms with Gasteiger partial charge in [0.05, 0.1) is 4.91 Å². The molecule has 1 saturated heterocycles. The first kappa shape index (κ1) is 19.0. The molecule has 2 aromatic rings. The van der Waals surface area contributed by atoms with E-state index in [1.54, 1.807) is 19.1 Å². The maximum atomic E-state index is 12.6. The Balaban J connectivity index is 1.62. The van der Waals surface area contributed by atoms with Crippen LogP contribution in [0.5, 0.6) is 0 Å². The van der Waals surface area contributed by atoms with Crippen LogP contribution in [0.15, 0.2) is 29.2 Å². The summed E-state index contributed by atoms with van der Waals surface area (Å²) in [6.07, 6.45) is 1.83. The summed E-state index contributed by atoms with van der Waals surface area (Å²) in [7, 11) is 0. The van der Waals surface area contributed by atoms with E-state index in [1.165, 1.54) is 28.0 Å². The van der Waals surface area contributed by atoms with Crippen molar-refractivity contribution in [2.24, 2.45) is 0 Å². The van der Waals surface area contributed by atoms with Crippen molar-refractivity contribution in [2.75, 3.05) is 11.9 Å². The Kier molecular flexibility index (Phi) is 6.02. The van der Waals surface area contributed by atoms with E-state index in [1.807, 2.05) is 18.2 Å². The monoisotopic (exact) mass is 424 g/mol. The summed E-state index contributed by atoms with van der Waals surface area (Å²) >= 11 is 13.9. The second-order valence-electron chi connectivity index (χ2n) is 5.28. The average Bonchev–Trinajstić information content (AvgIpc) is 3.11. The van der Waals surface area contributed by atoms with Crippen LogP contribution in [-0.2, 0) is 9.59 Å². The van der Waals surface area contributed by atoms with Crippen LogP contribution < -0.4 is 5.32 Å². The lowest BCUT2D eigenvalue weighted by Gasteiger charge is -2.13. The SMILES string of the molecule is Cc1nnc(NC(=O)CCN2C(=O)C(=Cc3ccccc3Cl)SC2=S)s1. The zero-order chi connectivity index (χ0) is 18.7. The summed E-state index contributed by atoms with van der Waals surface area (Å²) in [6, 6.07) is 7.25. The molecule has 0 atom stereocenters. The summed E-state index contributed by atoms with van der Waals surface area (Å²) in [5.41, 5.74) is 0.749. The lowest BCUT2D eigenvalue weighted by atomic mass is 10.2. The van der Waals surface area contributed by atoms with E-state index >= 15 is 0 Å². The summed E-state index contributed by atoms with van der Waals surface area (Å²) in [5.74, 6) is -0.468. The Hall–Kier alpha value is -1.81. The molecular formula is C16H13ClN4O2S3. The average molecular weight is 425 g/mol. The van der Waals surface area contributed by atoms with Gasteiger partial charge in [0, 0.05) is 18.0 Å². The van der Waals surface area contributed by atoms with Crippen molar-refractivity contribution >= 4 is 74.3 Å². The van der Waals surface area contributed by atoms with Crippen LogP contribution in [0.3, 0.4) is 0 Å². The molecule has 0 radical (unpaired) electrons.